The lowest BCUT2D eigenvalue weighted by atomic mass is 9.92. The number of carbonyl (C=O) groups is 3. The summed E-state index contributed by atoms with van der Waals surface area (Å²) >= 11 is 0. The van der Waals surface area contributed by atoms with Crippen LogP contribution in [0.25, 0.3) is 10.9 Å². The molecule has 0 bridgehead atoms. The van der Waals surface area contributed by atoms with Crippen LogP contribution in [-0.4, -0.2) is 72.5 Å². The third kappa shape index (κ3) is 6.27. The zero-order valence-corrected chi connectivity index (χ0v) is 22.4. The predicted molar refractivity (Wildman–Crippen MR) is 143 cm³/mol. The molecule has 38 heavy (non-hydrogen) atoms. The Morgan fingerprint density at radius 1 is 1.24 bits per heavy atom. The molecule has 4 atom stereocenters. The van der Waals surface area contributed by atoms with Crippen molar-refractivity contribution in [2.75, 3.05) is 26.7 Å². The summed E-state index contributed by atoms with van der Waals surface area (Å²) < 4.78 is 5.40. The third-order valence-electron chi connectivity index (χ3n) is 7.49. The first kappa shape index (κ1) is 27.5. The third-order valence-corrected chi connectivity index (χ3v) is 7.49. The largest absolute Gasteiger partial charge is 0.496 e. The second-order valence-electron chi connectivity index (χ2n) is 10.7. The van der Waals surface area contributed by atoms with E-state index in [0.717, 1.165) is 36.8 Å². The Bertz CT molecular complexity index is 1200. The van der Waals surface area contributed by atoms with Crippen molar-refractivity contribution in [2.24, 2.45) is 11.8 Å². The van der Waals surface area contributed by atoms with Gasteiger partial charge in [-0.05, 0) is 69.3 Å². The van der Waals surface area contributed by atoms with Gasteiger partial charge in [-0.25, -0.2) is 0 Å². The van der Waals surface area contributed by atoms with Gasteiger partial charge in [0, 0.05) is 23.4 Å². The molecule has 10 nitrogen and oxygen atoms in total. The molecular formula is C28H38N6O4. The average molecular weight is 523 g/mol. The molecule has 3 amide bonds. The van der Waals surface area contributed by atoms with E-state index in [2.05, 4.69) is 31.9 Å². The number of aromatic nitrogens is 1. The number of likely N-dealkylation sites (tertiary alicyclic amines) is 1. The number of H-pyrrole nitrogens is 1. The summed E-state index contributed by atoms with van der Waals surface area (Å²) in [7, 11) is 1.58. The summed E-state index contributed by atoms with van der Waals surface area (Å²) in [5, 5.41) is 19.7. The lowest BCUT2D eigenvalue weighted by Gasteiger charge is -2.32. The maximum Gasteiger partial charge on any atom is 0.268 e. The Kier molecular flexibility index (Phi) is 8.89. The number of hydrogen-bond donors (Lipinski definition) is 4. The summed E-state index contributed by atoms with van der Waals surface area (Å²) in [5.41, 5.74) is 1.09. The second-order valence-corrected chi connectivity index (χ2v) is 10.7. The molecule has 0 saturated carbocycles. The number of nitriles is 1. The molecule has 4 N–H and O–H groups in total. The molecule has 2 aliphatic heterocycles. The first-order chi connectivity index (χ1) is 18.3. The normalized spacial score (nSPS) is 20.1. The highest BCUT2D eigenvalue weighted by Gasteiger charge is 2.37. The van der Waals surface area contributed by atoms with Crippen LogP contribution in [0.5, 0.6) is 5.75 Å². The van der Waals surface area contributed by atoms with Gasteiger partial charge in [0.2, 0.25) is 11.8 Å². The zero-order chi connectivity index (χ0) is 27.2. The molecule has 2 saturated heterocycles. The number of nitrogens with one attached hydrogen (secondary N) is 4. The average Bonchev–Trinajstić information content (AvgIpc) is 3.65. The van der Waals surface area contributed by atoms with Crippen molar-refractivity contribution in [3.05, 3.63) is 30.0 Å². The number of rotatable bonds is 11. The van der Waals surface area contributed by atoms with Crippen molar-refractivity contribution in [3.8, 4) is 11.8 Å². The SMILES string of the molecule is COc1cccc2[nH]c(C(=O)N[C@@H](CC(C)C)C(=O)N[C@@H](C[C@@H]3CCNC3=O)[C@@H](C#N)N3CCCC3)cc12. The van der Waals surface area contributed by atoms with Crippen LogP contribution in [-0.2, 0) is 9.59 Å². The Morgan fingerprint density at radius 3 is 2.63 bits per heavy atom. The monoisotopic (exact) mass is 522 g/mol. The molecule has 204 valence electrons. The van der Waals surface area contributed by atoms with E-state index in [1.165, 1.54) is 0 Å². The van der Waals surface area contributed by atoms with Gasteiger partial charge in [0.15, 0.2) is 0 Å². The van der Waals surface area contributed by atoms with Crippen LogP contribution in [0.1, 0.15) is 56.4 Å². The van der Waals surface area contributed by atoms with Crippen LogP contribution in [0.4, 0.5) is 0 Å². The Balaban J connectivity index is 1.53. The van der Waals surface area contributed by atoms with Crippen LogP contribution in [0, 0.1) is 23.2 Å². The van der Waals surface area contributed by atoms with Gasteiger partial charge >= 0.3 is 0 Å². The number of hydrogen-bond acceptors (Lipinski definition) is 6. The number of methoxy groups -OCH3 is 1. The highest BCUT2D eigenvalue weighted by Crippen LogP contribution is 2.26. The van der Waals surface area contributed by atoms with Gasteiger partial charge < -0.3 is 25.7 Å². The van der Waals surface area contributed by atoms with Gasteiger partial charge in [-0.3, -0.25) is 19.3 Å². The number of fused-ring (bicyclic) bond motifs is 1. The number of benzene rings is 1. The topological polar surface area (TPSA) is 139 Å². The summed E-state index contributed by atoms with van der Waals surface area (Å²) in [5.74, 6) is -0.242. The van der Waals surface area contributed by atoms with Crippen molar-refractivity contribution in [1.29, 1.82) is 5.26 Å². The van der Waals surface area contributed by atoms with E-state index in [9.17, 15) is 19.6 Å². The molecule has 3 heterocycles. The van der Waals surface area contributed by atoms with Crippen LogP contribution in [0.2, 0.25) is 0 Å². The van der Waals surface area contributed by atoms with Gasteiger partial charge in [0.25, 0.3) is 5.91 Å². The minimum absolute atomic E-state index is 0.0383. The number of aromatic amines is 1. The highest BCUT2D eigenvalue weighted by molar-refractivity contribution is 6.01. The first-order valence-corrected chi connectivity index (χ1v) is 13.5. The fraction of sp³-hybridized carbons (Fsp3) is 0.571. The molecule has 0 radical (unpaired) electrons. The molecule has 2 aromatic rings. The number of nitrogens with zero attached hydrogens (tertiary/aromatic N) is 2. The maximum atomic E-state index is 13.6. The van der Waals surface area contributed by atoms with E-state index in [1.54, 1.807) is 13.2 Å². The van der Waals surface area contributed by atoms with E-state index in [-0.39, 0.29) is 23.7 Å². The summed E-state index contributed by atoms with van der Waals surface area (Å²) in [4.78, 5) is 44.4. The van der Waals surface area contributed by atoms with Gasteiger partial charge in [0.05, 0.1) is 19.2 Å². The predicted octanol–water partition coefficient (Wildman–Crippen LogP) is 2.32. The van der Waals surface area contributed by atoms with Crippen molar-refractivity contribution in [3.63, 3.8) is 0 Å². The van der Waals surface area contributed by atoms with Gasteiger partial charge in [0.1, 0.15) is 23.5 Å². The fourth-order valence-corrected chi connectivity index (χ4v) is 5.54. The number of amides is 3. The van der Waals surface area contributed by atoms with Gasteiger partial charge in [-0.1, -0.05) is 19.9 Å². The Hall–Kier alpha value is -3.58. The zero-order valence-electron chi connectivity index (χ0n) is 22.4. The van der Waals surface area contributed by atoms with Crippen LogP contribution >= 0.6 is 0 Å². The number of carbonyl (C=O) groups excluding carboxylic acids is 3. The van der Waals surface area contributed by atoms with E-state index >= 15 is 0 Å². The highest BCUT2D eigenvalue weighted by atomic mass is 16.5. The smallest absolute Gasteiger partial charge is 0.268 e. The fourth-order valence-electron chi connectivity index (χ4n) is 5.54. The molecule has 0 unspecified atom stereocenters. The Labute approximate surface area is 223 Å². The van der Waals surface area contributed by atoms with Crippen molar-refractivity contribution < 1.29 is 19.1 Å². The quantitative estimate of drug-likeness (QED) is 0.357. The molecule has 4 rings (SSSR count). The van der Waals surface area contributed by atoms with Crippen molar-refractivity contribution >= 4 is 28.6 Å². The summed E-state index contributed by atoms with van der Waals surface area (Å²) in [6.45, 7) is 6.16. The maximum absolute atomic E-state index is 13.6. The lowest BCUT2D eigenvalue weighted by molar-refractivity contribution is -0.126. The molecular weight excluding hydrogens is 484 g/mol. The van der Waals surface area contributed by atoms with Crippen molar-refractivity contribution in [2.45, 2.75) is 64.1 Å². The molecule has 2 aliphatic rings. The van der Waals surface area contributed by atoms with E-state index < -0.39 is 24.0 Å². The molecule has 2 fully saturated rings. The van der Waals surface area contributed by atoms with Crippen LogP contribution < -0.4 is 20.7 Å². The lowest BCUT2D eigenvalue weighted by Crippen LogP contribution is -2.56. The minimum Gasteiger partial charge on any atom is -0.496 e. The van der Waals surface area contributed by atoms with Crippen LogP contribution in [0.15, 0.2) is 24.3 Å². The van der Waals surface area contributed by atoms with E-state index in [0.29, 0.717) is 37.3 Å². The molecule has 0 spiro atoms. The second kappa shape index (κ2) is 12.3. The summed E-state index contributed by atoms with van der Waals surface area (Å²) in [6.07, 6.45) is 3.50. The van der Waals surface area contributed by atoms with E-state index in [4.69, 9.17) is 4.74 Å². The molecule has 1 aromatic carbocycles. The van der Waals surface area contributed by atoms with Gasteiger partial charge in [-0.2, -0.15) is 5.26 Å². The standard InChI is InChI=1S/C28H38N6O4/c1-17(2)13-22(33-28(37)23-15-19-20(31-23)7-6-8-25(19)38-3)27(36)32-21(14-18-9-10-30-26(18)35)24(16-29)34-11-4-5-12-34/h6-8,15,17-18,21-22,24,31H,4-5,9-14H2,1-3H3,(H,30,35)(H,32,36)(H,33,37)/t18-,21-,22-,24+/m0/s1. The van der Waals surface area contributed by atoms with Crippen LogP contribution in [0.3, 0.4) is 0 Å². The molecule has 10 heteroatoms. The Morgan fingerprint density at radius 2 is 2.00 bits per heavy atom. The molecule has 1 aromatic heterocycles. The number of ether oxygens (including phenoxy) is 1. The minimum atomic E-state index is -0.798. The summed E-state index contributed by atoms with van der Waals surface area (Å²) in [6, 6.07) is 7.76. The van der Waals surface area contributed by atoms with Crippen molar-refractivity contribution in [1.82, 2.24) is 25.8 Å². The van der Waals surface area contributed by atoms with E-state index in [1.807, 2.05) is 32.0 Å². The molecule has 0 aliphatic carbocycles. The van der Waals surface area contributed by atoms with Gasteiger partial charge in [-0.15, -0.1) is 0 Å². The first-order valence-electron chi connectivity index (χ1n) is 13.5.